The predicted molar refractivity (Wildman–Crippen MR) is 140 cm³/mol. The summed E-state index contributed by atoms with van der Waals surface area (Å²) >= 11 is 0. The number of imidazole rings is 1. The number of aromatic nitrogens is 2. The fourth-order valence-electron chi connectivity index (χ4n) is 2.73. The van der Waals surface area contributed by atoms with E-state index in [-0.39, 0.29) is 51.4 Å². The fourth-order valence-corrected chi connectivity index (χ4v) is 2.73. The van der Waals surface area contributed by atoms with Gasteiger partial charge < -0.3 is 9.36 Å². The van der Waals surface area contributed by atoms with Crippen molar-refractivity contribution in [2.24, 2.45) is 7.05 Å². The molecule has 0 aliphatic carbocycles. The summed E-state index contributed by atoms with van der Waals surface area (Å²) in [6.07, 6.45) is 13.1. The molecule has 0 atom stereocenters. The molecule has 0 saturated carbocycles. The molecule has 0 fully saturated rings. The van der Waals surface area contributed by atoms with Crippen LogP contribution in [0.2, 0.25) is 0 Å². The van der Waals surface area contributed by atoms with Gasteiger partial charge in [0.2, 0.25) is 0 Å². The van der Waals surface area contributed by atoms with Crippen LogP contribution in [0.5, 0.6) is 0 Å². The number of hydrogen-bond donors (Lipinski definition) is 0. The summed E-state index contributed by atoms with van der Waals surface area (Å²) in [5, 5.41) is 0. The number of rotatable bonds is 4. The van der Waals surface area contributed by atoms with Gasteiger partial charge in [0.15, 0.2) is 0 Å². The number of nitrogens with zero attached hydrogens (tertiary/aromatic N) is 2. The van der Waals surface area contributed by atoms with E-state index in [1.807, 2.05) is 107 Å². The Labute approximate surface area is 248 Å². The van der Waals surface area contributed by atoms with Crippen LogP contribution in [0.3, 0.4) is 0 Å². The van der Waals surface area contributed by atoms with Crippen LogP contribution >= 0.6 is 0 Å². The average Bonchev–Trinajstić information content (AvgIpc) is 3.19. The summed E-state index contributed by atoms with van der Waals surface area (Å²) in [6.45, 7) is 13.6. The molecule has 3 aromatic rings. The molecule has 3 rings (SSSR count). The zero-order chi connectivity index (χ0) is 24.6. The molecule has 0 bridgehead atoms. The molecule has 0 N–H and O–H groups in total. The number of allylic oxidation sites excluding steroid dienone is 3. The number of carbonyl (C=O) groups excluding carboxylic acids is 1. The quantitative estimate of drug-likeness (QED) is 0.250. The SMILES string of the molecule is C/C=C\c1ccc([C-]=O)cc1C.C=C/C=C\c1ncc(C#Cc2c[c-]ccc2C)n1C.CC.[K+]. The van der Waals surface area contributed by atoms with Crippen molar-refractivity contribution in [3.63, 3.8) is 0 Å². The number of hydrogen-bond acceptors (Lipinski definition) is 2. The molecule has 0 amide bonds. The molecule has 34 heavy (non-hydrogen) atoms. The van der Waals surface area contributed by atoms with Crippen LogP contribution in [0.1, 0.15) is 60.1 Å². The van der Waals surface area contributed by atoms with Gasteiger partial charge in [-0.15, -0.1) is 17.6 Å². The van der Waals surface area contributed by atoms with Crippen LogP contribution in [0.25, 0.3) is 12.2 Å². The molecule has 2 aromatic carbocycles. The predicted octanol–water partition coefficient (Wildman–Crippen LogP) is 3.64. The van der Waals surface area contributed by atoms with Crippen molar-refractivity contribution < 1.29 is 56.2 Å². The van der Waals surface area contributed by atoms with Crippen LogP contribution in [-0.2, 0) is 11.8 Å². The van der Waals surface area contributed by atoms with Crippen LogP contribution in [-0.4, -0.2) is 15.8 Å². The maximum atomic E-state index is 10.3. The van der Waals surface area contributed by atoms with E-state index < -0.39 is 0 Å². The minimum Gasteiger partial charge on any atom is -0.376 e. The van der Waals surface area contributed by atoms with Crippen molar-refractivity contribution >= 4 is 18.4 Å². The van der Waals surface area contributed by atoms with Crippen molar-refractivity contribution in [3.8, 4) is 11.8 Å². The molecular formula is C30H32KN2O-. The Morgan fingerprint density at radius 2 is 1.85 bits per heavy atom. The van der Waals surface area contributed by atoms with Crippen LogP contribution in [0.4, 0.5) is 0 Å². The van der Waals surface area contributed by atoms with Crippen molar-refractivity contribution in [2.75, 3.05) is 0 Å². The average molecular weight is 476 g/mol. The first-order valence-corrected chi connectivity index (χ1v) is 10.9. The standard InChI is InChI=1S/C17H15N2.C11H11O.C2H6.K/c1-4-5-10-17-18-13-16(19(17)3)12-11-15-9-7-6-8-14(15)2;1-3-4-11-6-5-10(8-12)7-9(11)2;1-2;/h4-6,8-10,13H,1H2,2-3H3;3-7H,1-2H3;1-2H3;/q2*-1;;+1/b10-5-;4-3-;;. The van der Waals surface area contributed by atoms with Gasteiger partial charge >= 0.3 is 51.4 Å². The van der Waals surface area contributed by atoms with Crippen LogP contribution in [0.15, 0.2) is 67.4 Å². The Hall–Kier alpha value is -2.26. The second kappa shape index (κ2) is 18.1. The molecule has 0 saturated heterocycles. The first kappa shape index (κ1) is 31.7. The first-order valence-electron chi connectivity index (χ1n) is 10.9. The third-order valence-electron chi connectivity index (χ3n) is 4.55. The van der Waals surface area contributed by atoms with E-state index >= 15 is 0 Å². The molecule has 0 aliphatic rings. The fraction of sp³-hybridized carbons (Fsp3) is 0.200. The van der Waals surface area contributed by atoms with Gasteiger partial charge in [-0.25, -0.2) is 4.98 Å². The van der Waals surface area contributed by atoms with Gasteiger partial charge in [0, 0.05) is 7.05 Å². The molecule has 0 aliphatic heterocycles. The summed E-state index contributed by atoms with van der Waals surface area (Å²) in [7, 11) is 1.95. The second-order valence-corrected chi connectivity index (χ2v) is 6.82. The van der Waals surface area contributed by atoms with E-state index in [0.717, 1.165) is 33.8 Å². The number of aryl methyl sites for hydroxylation is 2. The first-order chi connectivity index (χ1) is 16.0. The Morgan fingerprint density at radius 1 is 1.12 bits per heavy atom. The Morgan fingerprint density at radius 3 is 2.44 bits per heavy atom. The van der Waals surface area contributed by atoms with E-state index in [0.29, 0.717) is 5.56 Å². The van der Waals surface area contributed by atoms with E-state index in [4.69, 9.17) is 0 Å². The van der Waals surface area contributed by atoms with Gasteiger partial charge in [0.05, 0.1) is 12.5 Å². The molecule has 170 valence electrons. The van der Waals surface area contributed by atoms with Crippen molar-refractivity contribution in [1.29, 1.82) is 0 Å². The van der Waals surface area contributed by atoms with E-state index in [2.05, 4.69) is 29.5 Å². The second-order valence-electron chi connectivity index (χ2n) is 6.82. The van der Waals surface area contributed by atoms with E-state index in [1.165, 1.54) is 0 Å². The zero-order valence-electron chi connectivity index (χ0n) is 21.4. The summed E-state index contributed by atoms with van der Waals surface area (Å²) in [5.74, 6) is 7.15. The molecular weight excluding hydrogens is 443 g/mol. The summed E-state index contributed by atoms with van der Waals surface area (Å²) in [4.78, 5) is 14.6. The Kier molecular flexibility index (Phi) is 16.9. The van der Waals surface area contributed by atoms with Crippen molar-refractivity contribution in [3.05, 3.63) is 113 Å². The van der Waals surface area contributed by atoms with Crippen LogP contribution in [0, 0.1) is 31.8 Å². The minimum absolute atomic E-state index is 0. The molecule has 1 aromatic heterocycles. The van der Waals surface area contributed by atoms with Gasteiger partial charge in [0.1, 0.15) is 11.5 Å². The normalized spacial score (nSPS) is 9.59. The van der Waals surface area contributed by atoms with Gasteiger partial charge in [-0.1, -0.05) is 75.6 Å². The summed E-state index contributed by atoms with van der Waals surface area (Å²) in [6, 6.07) is 14.4. The van der Waals surface area contributed by atoms with E-state index in [9.17, 15) is 4.79 Å². The van der Waals surface area contributed by atoms with E-state index in [1.54, 1.807) is 18.3 Å². The Balaban J connectivity index is 0.000000630. The maximum absolute atomic E-state index is 10.3. The van der Waals surface area contributed by atoms with Gasteiger partial charge in [-0.3, -0.25) is 0 Å². The number of benzene rings is 2. The van der Waals surface area contributed by atoms with Crippen molar-refractivity contribution in [2.45, 2.75) is 34.6 Å². The maximum Gasteiger partial charge on any atom is 1.00 e. The van der Waals surface area contributed by atoms with Crippen LogP contribution < -0.4 is 51.4 Å². The third kappa shape index (κ3) is 10.3. The summed E-state index contributed by atoms with van der Waals surface area (Å²) in [5.41, 5.74) is 5.89. The molecule has 1 heterocycles. The molecule has 0 unspecified atom stereocenters. The monoisotopic (exact) mass is 475 g/mol. The largest absolute Gasteiger partial charge is 1.00 e. The topological polar surface area (TPSA) is 34.9 Å². The third-order valence-corrected chi connectivity index (χ3v) is 4.55. The minimum atomic E-state index is 0. The summed E-state index contributed by atoms with van der Waals surface area (Å²) < 4.78 is 1.95. The Bertz CT molecular complexity index is 1170. The smallest absolute Gasteiger partial charge is 0.376 e. The molecule has 0 spiro atoms. The molecule has 4 heteroatoms. The zero-order valence-corrected chi connectivity index (χ0v) is 24.6. The van der Waals surface area contributed by atoms with Crippen molar-refractivity contribution in [1.82, 2.24) is 9.55 Å². The van der Waals surface area contributed by atoms with Gasteiger partial charge in [0.25, 0.3) is 0 Å². The molecule has 0 radical (unpaired) electrons. The van der Waals surface area contributed by atoms with Gasteiger partial charge in [-0.2, -0.15) is 42.0 Å². The van der Waals surface area contributed by atoms with Gasteiger partial charge in [-0.05, 0) is 18.6 Å². The molecule has 3 nitrogen and oxygen atoms in total.